The molecule has 1 aromatic carbocycles. The molecule has 8 nitrogen and oxygen atoms in total. The second-order valence-corrected chi connectivity index (χ2v) is 5.09. The summed E-state index contributed by atoms with van der Waals surface area (Å²) in [5.41, 5.74) is 1.19. The van der Waals surface area contributed by atoms with Gasteiger partial charge in [0.15, 0.2) is 5.82 Å². The van der Waals surface area contributed by atoms with E-state index in [2.05, 4.69) is 20.8 Å². The summed E-state index contributed by atoms with van der Waals surface area (Å²) in [4.78, 5) is 18.7. The van der Waals surface area contributed by atoms with E-state index in [0.717, 1.165) is 0 Å². The third-order valence-corrected chi connectivity index (χ3v) is 3.12. The SMILES string of the molecule is Cc1cc(NC(=O)[C@@H](C)On2nnc3ccc(Cl)cc32)no1. The van der Waals surface area contributed by atoms with Crippen LogP contribution in [0.25, 0.3) is 11.0 Å². The fraction of sp³-hybridized carbons (Fsp3) is 0.231. The summed E-state index contributed by atoms with van der Waals surface area (Å²) in [6, 6.07) is 6.68. The van der Waals surface area contributed by atoms with Crippen molar-refractivity contribution in [2.45, 2.75) is 20.0 Å². The number of anilines is 1. The number of benzene rings is 1. The highest BCUT2D eigenvalue weighted by molar-refractivity contribution is 6.31. The molecule has 9 heteroatoms. The van der Waals surface area contributed by atoms with Crippen LogP contribution in [0.4, 0.5) is 5.82 Å². The zero-order chi connectivity index (χ0) is 15.7. The molecule has 1 atom stereocenters. The molecule has 0 saturated heterocycles. The first-order valence-corrected chi connectivity index (χ1v) is 6.83. The van der Waals surface area contributed by atoms with Crippen LogP contribution in [0.15, 0.2) is 28.8 Å². The summed E-state index contributed by atoms with van der Waals surface area (Å²) in [6.45, 7) is 3.31. The van der Waals surface area contributed by atoms with E-state index in [9.17, 15) is 4.79 Å². The summed E-state index contributed by atoms with van der Waals surface area (Å²) in [5, 5.41) is 14.6. The van der Waals surface area contributed by atoms with E-state index >= 15 is 0 Å². The van der Waals surface area contributed by atoms with E-state index < -0.39 is 6.10 Å². The van der Waals surface area contributed by atoms with Crippen molar-refractivity contribution in [2.75, 3.05) is 5.32 Å². The minimum atomic E-state index is -0.819. The molecule has 2 aromatic heterocycles. The van der Waals surface area contributed by atoms with Gasteiger partial charge in [-0.25, -0.2) is 0 Å². The highest BCUT2D eigenvalue weighted by Gasteiger charge is 2.18. The van der Waals surface area contributed by atoms with Crippen LogP contribution in [0.5, 0.6) is 0 Å². The van der Waals surface area contributed by atoms with Gasteiger partial charge in [-0.1, -0.05) is 21.6 Å². The Hall–Kier alpha value is -2.61. The van der Waals surface area contributed by atoms with Crippen molar-refractivity contribution in [3.63, 3.8) is 0 Å². The predicted molar refractivity (Wildman–Crippen MR) is 78.4 cm³/mol. The van der Waals surface area contributed by atoms with Crippen LogP contribution in [-0.2, 0) is 4.79 Å². The molecule has 0 radical (unpaired) electrons. The normalized spacial score (nSPS) is 12.3. The smallest absolute Gasteiger partial charge is 0.269 e. The van der Waals surface area contributed by atoms with E-state index in [1.165, 1.54) is 4.85 Å². The van der Waals surface area contributed by atoms with E-state index in [4.69, 9.17) is 21.0 Å². The number of carbonyl (C=O) groups is 1. The van der Waals surface area contributed by atoms with Gasteiger partial charge in [0.05, 0.1) is 0 Å². The van der Waals surface area contributed by atoms with Crippen LogP contribution in [0.3, 0.4) is 0 Å². The third kappa shape index (κ3) is 2.86. The Labute approximate surface area is 129 Å². The Bertz CT molecular complexity index is 828. The standard InChI is InChI=1S/C13H12ClN5O3/c1-7-5-12(17-21-7)15-13(20)8(2)22-19-11-6-9(14)3-4-10(11)16-18-19/h3-6,8H,1-2H3,(H,15,17,20)/t8-/m1/s1. The van der Waals surface area contributed by atoms with Crippen molar-refractivity contribution in [1.82, 2.24) is 20.3 Å². The Balaban J connectivity index is 1.73. The third-order valence-electron chi connectivity index (χ3n) is 2.88. The van der Waals surface area contributed by atoms with E-state index in [1.54, 1.807) is 38.1 Å². The number of carbonyl (C=O) groups excluding carboxylic acids is 1. The fourth-order valence-corrected chi connectivity index (χ4v) is 1.97. The number of nitrogens with one attached hydrogen (secondary N) is 1. The summed E-state index contributed by atoms with van der Waals surface area (Å²) in [7, 11) is 0. The van der Waals surface area contributed by atoms with Gasteiger partial charge in [0.1, 0.15) is 16.8 Å². The quantitative estimate of drug-likeness (QED) is 0.787. The Morgan fingerprint density at radius 2 is 2.27 bits per heavy atom. The minimum Gasteiger partial charge on any atom is -0.382 e. The molecule has 0 saturated carbocycles. The molecule has 0 aliphatic heterocycles. The molecule has 3 aromatic rings. The summed E-state index contributed by atoms with van der Waals surface area (Å²) < 4.78 is 4.87. The van der Waals surface area contributed by atoms with E-state index in [-0.39, 0.29) is 5.91 Å². The molecule has 22 heavy (non-hydrogen) atoms. The summed E-state index contributed by atoms with van der Waals surface area (Å²) in [5.74, 6) is 0.532. The Kier molecular flexibility index (Phi) is 3.68. The van der Waals surface area contributed by atoms with E-state index in [0.29, 0.717) is 27.6 Å². The maximum Gasteiger partial charge on any atom is 0.269 e. The van der Waals surface area contributed by atoms with E-state index in [1.807, 2.05) is 0 Å². The lowest BCUT2D eigenvalue weighted by Gasteiger charge is -2.12. The topological polar surface area (TPSA) is 95.1 Å². The van der Waals surface area contributed by atoms with Crippen molar-refractivity contribution in [2.24, 2.45) is 0 Å². The van der Waals surface area contributed by atoms with Gasteiger partial charge in [-0.3, -0.25) is 4.79 Å². The number of aryl methyl sites for hydroxylation is 1. The molecule has 0 unspecified atom stereocenters. The van der Waals surface area contributed by atoms with Crippen molar-refractivity contribution in [3.05, 3.63) is 35.0 Å². The number of aromatic nitrogens is 4. The number of hydrogen-bond donors (Lipinski definition) is 1. The van der Waals surface area contributed by atoms with Gasteiger partial charge in [-0.15, -0.1) is 5.10 Å². The van der Waals surface area contributed by atoms with Gasteiger partial charge in [0, 0.05) is 11.1 Å². The van der Waals surface area contributed by atoms with Crippen LogP contribution in [-0.4, -0.2) is 32.3 Å². The second-order valence-electron chi connectivity index (χ2n) is 4.66. The lowest BCUT2D eigenvalue weighted by Crippen LogP contribution is -2.35. The van der Waals surface area contributed by atoms with Gasteiger partial charge in [0.25, 0.3) is 5.91 Å². The van der Waals surface area contributed by atoms with Crippen molar-refractivity contribution in [3.8, 4) is 0 Å². The van der Waals surface area contributed by atoms with Crippen LogP contribution in [0.1, 0.15) is 12.7 Å². The Morgan fingerprint density at radius 1 is 1.45 bits per heavy atom. The molecular weight excluding hydrogens is 310 g/mol. The van der Waals surface area contributed by atoms with Crippen LogP contribution in [0.2, 0.25) is 5.02 Å². The van der Waals surface area contributed by atoms with Crippen molar-refractivity contribution in [1.29, 1.82) is 0 Å². The highest BCUT2D eigenvalue weighted by atomic mass is 35.5. The average Bonchev–Trinajstić information content (AvgIpc) is 3.05. The minimum absolute atomic E-state index is 0.324. The number of nitrogens with zero attached hydrogens (tertiary/aromatic N) is 4. The number of rotatable bonds is 4. The average molecular weight is 322 g/mol. The first kappa shape index (κ1) is 14.3. The van der Waals surface area contributed by atoms with Crippen LogP contribution >= 0.6 is 11.6 Å². The first-order chi connectivity index (χ1) is 10.5. The first-order valence-electron chi connectivity index (χ1n) is 6.45. The molecule has 114 valence electrons. The second kappa shape index (κ2) is 5.64. The number of fused-ring (bicyclic) bond motifs is 1. The molecule has 0 aliphatic rings. The lowest BCUT2D eigenvalue weighted by molar-refractivity contribution is -0.127. The zero-order valence-electron chi connectivity index (χ0n) is 11.8. The number of halogens is 1. The fourth-order valence-electron chi connectivity index (χ4n) is 1.80. The van der Waals surface area contributed by atoms with Crippen LogP contribution < -0.4 is 10.2 Å². The lowest BCUT2D eigenvalue weighted by atomic mass is 10.3. The monoisotopic (exact) mass is 321 g/mol. The zero-order valence-corrected chi connectivity index (χ0v) is 12.5. The molecule has 2 heterocycles. The molecule has 0 fully saturated rings. The molecule has 0 aliphatic carbocycles. The molecule has 1 amide bonds. The van der Waals surface area contributed by atoms with Gasteiger partial charge in [-0.05, 0) is 37.3 Å². The maximum absolute atomic E-state index is 12.0. The predicted octanol–water partition coefficient (Wildman–Crippen LogP) is 1.84. The van der Waals surface area contributed by atoms with Gasteiger partial charge >= 0.3 is 0 Å². The van der Waals surface area contributed by atoms with Crippen LogP contribution in [0, 0.1) is 6.92 Å². The molecule has 0 bridgehead atoms. The largest absolute Gasteiger partial charge is 0.382 e. The Morgan fingerprint density at radius 3 is 3.00 bits per heavy atom. The summed E-state index contributed by atoms with van der Waals surface area (Å²) in [6.07, 6.45) is -0.819. The summed E-state index contributed by atoms with van der Waals surface area (Å²) >= 11 is 5.93. The van der Waals surface area contributed by atoms with Gasteiger partial charge in [-0.2, -0.15) is 0 Å². The molecule has 0 spiro atoms. The van der Waals surface area contributed by atoms with Crippen molar-refractivity contribution < 1.29 is 14.2 Å². The van der Waals surface area contributed by atoms with Gasteiger partial charge < -0.3 is 14.7 Å². The molecule has 1 N–H and O–H groups in total. The molecular formula is C13H12ClN5O3. The number of amides is 1. The maximum atomic E-state index is 12.0. The van der Waals surface area contributed by atoms with Crippen molar-refractivity contribution >= 4 is 34.4 Å². The number of hydrogen-bond acceptors (Lipinski definition) is 6. The van der Waals surface area contributed by atoms with Gasteiger partial charge in [0.2, 0.25) is 6.10 Å². The molecule has 3 rings (SSSR count). The highest BCUT2D eigenvalue weighted by Crippen LogP contribution is 2.16.